The lowest BCUT2D eigenvalue weighted by Gasteiger charge is -2.11. The fourth-order valence-electron chi connectivity index (χ4n) is 1.89. The second-order valence-corrected chi connectivity index (χ2v) is 6.30. The number of nitrogens with one attached hydrogen (secondary N) is 1. The van der Waals surface area contributed by atoms with Gasteiger partial charge in [-0.3, -0.25) is 4.79 Å². The van der Waals surface area contributed by atoms with Gasteiger partial charge in [0.15, 0.2) is 9.84 Å². The maximum absolute atomic E-state index is 12.1. The molecule has 102 valence electrons. The minimum absolute atomic E-state index is 0.0878. The highest BCUT2D eigenvalue weighted by atomic mass is 32.2. The highest BCUT2D eigenvalue weighted by molar-refractivity contribution is 7.94. The third-order valence-corrected chi connectivity index (χ3v) is 4.17. The summed E-state index contributed by atoms with van der Waals surface area (Å²) >= 11 is 0. The van der Waals surface area contributed by atoms with Gasteiger partial charge in [0.2, 0.25) is 0 Å². The van der Waals surface area contributed by atoms with Gasteiger partial charge in [-0.05, 0) is 12.5 Å². The Morgan fingerprint density at radius 2 is 2.32 bits per heavy atom. The minimum atomic E-state index is -3.17. The Morgan fingerprint density at radius 3 is 2.95 bits per heavy atom. The zero-order valence-corrected chi connectivity index (χ0v) is 11.4. The molecule has 0 radical (unpaired) electrons. The molecule has 0 unspecified atom stereocenters. The molecule has 6 nitrogen and oxygen atoms in total. The van der Waals surface area contributed by atoms with Gasteiger partial charge < -0.3 is 5.32 Å². The molecule has 0 saturated carbocycles. The lowest BCUT2D eigenvalue weighted by atomic mass is 10.1. The minimum Gasteiger partial charge on any atom is -0.345 e. The van der Waals surface area contributed by atoms with E-state index in [1.165, 1.54) is 18.6 Å². The largest absolute Gasteiger partial charge is 0.345 e. The van der Waals surface area contributed by atoms with Crippen molar-refractivity contribution in [3.63, 3.8) is 0 Å². The van der Waals surface area contributed by atoms with Crippen molar-refractivity contribution in [2.75, 3.05) is 5.75 Å². The number of rotatable bonds is 4. The monoisotopic (exact) mass is 281 g/mol. The summed E-state index contributed by atoms with van der Waals surface area (Å²) in [5.74, 6) is -0.425. The summed E-state index contributed by atoms with van der Waals surface area (Å²) < 4.78 is 22.5. The average Bonchev–Trinajstić information content (AvgIpc) is 2.69. The third-order valence-electron chi connectivity index (χ3n) is 2.77. The Hall–Kier alpha value is -1.76. The Labute approximate surface area is 111 Å². The van der Waals surface area contributed by atoms with Gasteiger partial charge in [0.05, 0.1) is 23.1 Å². The summed E-state index contributed by atoms with van der Waals surface area (Å²) in [6, 6.07) is -0.479. The molecular formula is C12H15N3O3S. The molecule has 0 saturated heterocycles. The van der Waals surface area contributed by atoms with Crippen molar-refractivity contribution in [2.24, 2.45) is 0 Å². The number of sulfone groups is 1. The third kappa shape index (κ3) is 3.37. The zero-order chi connectivity index (χ0) is 13.9. The van der Waals surface area contributed by atoms with Crippen LogP contribution in [0.25, 0.3) is 0 Å². The number of carbonyl (C=O) groups excluding carboxylic acids is 1. The summed E-state index contributed by atoms with van der Waals surface area (Å²) in [6.07, 6.45) is 5.90. The fourth-order valence-corrected chi connectivity index (χ4v) is 3.13. The van der Waals surface area contributed by atoms with Gasteiger partial charge in [0.25, 0.3) is 5.91 Å². The van der Waals surface area contributed by atoms with Crippen LogP contribution in [0, 0.1) is 0 Å². The van der Waals surface area contributed by atoms with Crippen LogP contribution in [-0.4, -0.2) is 36.1 Å². The van der Waals surface area contributed by atoms with Crippen molar-refractivity contribution in [1.29, 1.82) is 0 Å². The van der Waals surface area contributed by atoms with E-state index in [4.69, 9.17) is 0 Å². The standard InChI is InChI=1S/C12H15N3O3S/c1-2-3-11-10(6-13-8-14-11)12(16)15-9-4-5-19(17,18)7-9/h4-6,8-9H,2-3,7H2,1H3,(H,15,16)/t9-/m1/s1. The molecule has 1 aliphatic heterocycles. The van der Waals surface area contributed by atoms with E-state index < -0.39 is 15.9 Å². The van der Waals surface area contributed by atoms with E-state index in [1.807, 2.05) is 6.92 Å². The Bertz CT molecular complexity index is 610. The summed E-state index contributed by atoms with van der Waals surface area (Å²) in [5, 5.41) is 3.80. The second-order valence-electron chi connectivity index (χ2n) is 4.37. The van der Waals surface area contributed by atoms with Gasteiger partial charge in [-0.1, -0.05) is 13.3 Å². The lowest BCUT2D eigenvalue weighted by Crippen LogP contribution is -2.36. The van der Waals surface area contributed by atoms with E-state index in [-0.39, 0.29) is 11.7 Å². The predicted octanol–water partition coefficient (Wildman–Crippen LogP) is 0.470. The molecule has 1 N–H and O–H groups in total. The van der Waals surface area contributed by atoms with E-state index >= 15 is 0 Å². The molecular weight excluding hydrogens is 266 g/mol. The van der Waals surface area contributed by atoms with Gasteiger partial charge >= 0.3 is 0 Å². The highest BCUT2D eigenvalue weighted by Crippen LogP contribution is 2.11. The number of amides is 1. The molecule has 2 rings (SSSR count). The summed E-state index contributed by atoms with van der Waals surface area (Å²) in [5.41, 5.74) is 1.09. The molecule has 1 atom stereocenters. The van der Waals surface area contributed by atoms with Crippen LogP contribution in [0.15, 0.2) is 24.0 Å². The van der Waals surface area contributed by atoms with Crippen molar-refractivity contribution < 1.29 is 13.2 Å². The predicted molar refractivity (Wildman–Crippen MR) is 70.2 cm³/mol. The maximum atomic E-state index is 12.1. The summed E-state index contributed by atoms with van der Waals surface area (Å²) in [4.78, 5) is 20.0. The van der Waals surface area contributed by atoms with Gasteiger partial charge in [0.1, 0.15) is 6.33 Å². The summed E-state index contributed by atoms with van der Waals surface area (Å²) in [6.45, 7) is 2.00. The van der Waals surface area contributed by atoms with Crippen LogP contribution in [0.3, 0.4) is 0 Å². The Balaban J connectivity index is 2.11. The smallest absolute Gasteiger partial charge is 0.255 e. The quantitative estimate of drug-likeness (QED) is 0.866. The first-order valence-corrected chi connectivity index (χ1v) is 7.74. The van der Waals surface area contributed by atoms with Crippen LogP contribution < -0.4 is 5.32 Å². The molecule has 0 spiro atoms. The number of nitrogens with zero attached hydrogens (tertiary/aromatic N) is 2. The van der Waals surface area contributed by atoms with Crippen LogP contribution in [0.4, 0.5) is 0 Å². The molecule has 1 aromatic heterocycles. The normalized spacial score (nSPS) is 20.4. The molecule has 1 aromatic rings. The van der Waals surface area contributed by atoms with Gasteiger partial charge in [0, 0.05) is 11.6 Å². The van der Waals surface area contributed by atoms with Crippen LogP contribution in [0.1, 0.15) is 29.4 Å². The maximum Gasteiger partial charge on any atom is 0.255 e. The van der Waals surface area contributed by atoms with Crippen molar-refractivity contribution >= 4 is 15.7 Å². The van der Waals surface area contributed by atoms with E-state index in [9.17, 15) is 13.2 Å². The number of aryl methyl sites for hydroxylation is 1. The van der Waals surface area contributed by atoms with E-state index in [2.05, 4.69) is 15.3 Å². The molecule has 2 heterocycles. The zero-order valence-electron chi connectivity index (χ0n) is 10.5. The topological polar surface area (TPSA) is 89.0 Å². The highest BCUT2D eigenvalue weighted by Gasteiger charge is 2.24. The van der Waals surface area contributed by atoms with Crippen molar-refractivity contribution in [2.45, 2.75) is 25.8 Å². The van der Waals surface area contributed by atoms with Crippen LogP contribution in [0.5, 0.6) is 0 Å². The number of carbonyl (C=O) groups is 1. The molecule has 1 aliphatic rings. The van der Waals surface area contributed by atoms with Crippen molar-refractivity contribution in [3.8, 4) is 0 Å². The first-order chi connectivity index (χ1) is 9.02. The molecule has 7 heteroatoms. The summed E-state index contributed by atoms with van der Waals surface area (Å²) in [7, 11) is -3.17. The van der Waals surface area contributed by atoms with E-state index in [0.29, 0.717) is 17.7 Å². The Kier molecular flexibility index (Phi) is 3.94. The fraction of sp³-hybridized carbons (Fsp3) is 0.417. The van der Waals surface area contributed by atoms with Gasteiger partial charge in [-0.25, -0.2) is 18.4 Å². The average molecular weight is 281 g/mol. The number of aromatic nitrogens is 2. The van der Waals surface area contributed by atoms with Crippen LogP contribution in [-0.2, 0) is 16.3 Å². The first kappa shape index (κ1) is 13.7. The number of hydrogen-bond acceptors (Lipinski definition) is 5. The molecule has 0 fully saturated rings. The molecule has 0 aliphatic carbocycles. The van der Waals surface area contributed by atoms with E-state index in [1.54, 1.807) is 0 Å². The molecule has 0 bridgehead atoms. The first-order valence-electron chi connectivity index (χ1n) is 6.02. The van der Waals surface area contributed by atoms with Crippen molar-refractivity contribution in [1.82, 2.24) is 15.3 Å². The van der Waals surface area contributed by atoms with Crippen molar-refractivity contribution in [3.05, 3.63) is 35.3 Å². The molecule has 1 amide bonds. The van der Waals surface area contributed by atoms with E-state index in [0.717, 1.165) is 11.8 Å². The molecule has 19 heavy (non-hydrogen) atoms. The molecule has 0 aromatic carbocycles. The second kappa shape index (κ2) is 5.48. The SMILES string of the molecule is CCCc1ncncc1C(=O)N[C@@H]1C=CS(=O)(=O)C1. The number of hydrogen-bond donors (Lipinski definition) is 1. The van der Waals surface area contributed by atoms with Gasteiger partial charge in [-0.15, -0.1) is 0 Å². The van der Waals surface area contributed by atoms with Gasteiger partial charge in [-0.2, -0.15) is 0 Å². The van der Waals surface area contributed by atoms with Crippen LogP contribution in [0.2, 0.25) is 0 Å². The van der Waals surface area contributed by atoms with Crippen LogP contribution >= 0.6 is 0 Å². The lowest BCUT2D eigenvalue weighted by molar-refractivity contribution is 0.0946. The Morgan fingerprint density at radius 1 is 1.53 bits per heavy atom.